The molecule has 0 aromatic carbocycles. The fraction of sp³-hybridized carbons (Fsp3) is 0.600. The lowest BCUT2D eigenvalue weighted by atomic mass is 9.86. The molecule has 0 amide bonds. The molecule has 1 nitrogen and oxygen atoms in total. The van der Waals surface area contributed by atoms with Gasteiger partial charge in [-0.15, -0.1) is 0 Å². The van der Waals surface area contributed by atoms with Crippen LogP contribution in [0.15, 0.2) is 24.3 Å². The van der Waals surface area contributed by atoms with Crippen LogP contribution in [0.25, 0.3) is 0 Å². The normalized spacial score (nSPS) is 46.7. The molecule has 3 atom stereocenters. The van der Waals surface area contributed by atoms with Gasteiger partial charge in [-0.25, -0.2) is 0 Å². The largest absolute Gasteiger partial charge is 0.362 e. The molecule has 0 aromatic rings. The first-order chi connectivity index (χ1) is 5.12. The average molecular weight is 150 g/mol. The standard InChI is InChI=1S/C10H14O/c1-7(2)8-4-5-10(3)9(6-8)11-10/h4-5,8-9H,1,6H2,2-3H3/t8-,9?,10+/m0/s1. The number of hydrogen-bond donors (Lipinski definition) is 0. The smallest absolute Gasteiger partial charge is 0.110 e. The molecule has 0 bridgehead atoms. The van der Waals surface area contributed by atoms with E-state index in [-0.39, 0.29) is 5.60 Å². The molecule has 0 saturated carbocycles. The highest BCUT2D eigenvalue weighted by Gasteiger charge is 2.52. The summed E-state index contributed by atoms with van der Waals surface area (Å²) in [4.78, 5) is 0. The maximum absolute atomic E-state index is 5.52. The van der Waals surface area contributed by atoms with Crippen LogP contribution < -0.4 is 0 Å². The Bertz CT molecular complexity index is 229. The Hall–Kier alpha value is -0.560. The highest BCUT2D eigenvalue weighted by atomic mass is 16.6. The lowest BCUT2D eigenvalue weighted by molar-refractivity contribution is 0.339. The number of hydrogen-bond acceptors (Lipinski definition) is 1. The van der Waals surface area contributed by atoms with Crippen molar-refractivity contribution in [2.24, 2.45) is 5.92 Å². The first-order valence-electron chi connectivity index (χ1n) is 4.14. The Labute approximate surface area is 67.7 Å². The Morgan fingerprint density at radius 3 is 3.00 bits per heavy atom. The van der Waals surface area contributed by atoms with Crippen molar-refractivity contribution in [1.29, 1.82) is 0 Å². The topological polar surface area (TPSA) is 12.5 Å². The second kappa shape index (κ2) is 1.98. The number of allylic oxidation sites excluding steroid dienone is 2. The van der Waals surface area contributed by atoms with Crippen LogP contribution in [0.1, 0.15) is 20.3 Å². The summed E-state index contributed by atoms with van der Waals surface area (Å²) >= 11 is 0. The van der Waals surface area contributed by atoms with E-state index in [0.717, 1.165) is 6.42 Å². The van der Waals surface area contributed by atoms with Crippen LogP contribution in [0.4, 0.5) is 0 Å². The molecule has 1 saturated heterocycles. The minimum Gasteiger partial charge on any atom is -0.362 e. The van der Waals surface area contributed by atoms with E-state index in [1.54, 1.807) is 0 Å². The molecule has 0 spiro atoms. The van der Waals surface area contributed by atoms with Crippen LogP contribution in [0, 0.1) is 5.92 Å². The van der Waals surface area contributed by atoms with Gasteiger partial charge in [0.25, 0.3) is 0 Å². The predicted octanol–water partition coefficient (Wildman–Crippen LogP) is 2.30. The molecule has 0 radical (unpaired) electrons. The van der Waals surface area contributed by atoms with Gasteiger partial charge in [0, 0.05) is 0 Å². The summed E-state index contributed by atoms with van der Waals surface area (Å²) in [6.45, 7) is 8.17. The van der Waals surface area contributed by atoms with Crippen LogP contribution in [-0.2, 0) is 4.74 Å². The molecule has 1 aliphatic carbocycles. The van der Waals surface area contributed by atoms with Crippen LogP contribution in [-0.4, -0.2) is 11.7 Å². The summed E-state index contributed by atoms with van der Waals surface area (Å²) in [5, 5.41) is 0. The van der Waals surface area contributed by atoms with Gasteiger partial charge in [0.1, 0.15) is 5.60 Å². The lowest BCUT2D eigenvalue weighted by Crippen LogP contribution is -2.15. The Balaban J connectivity index is 2.12. The summed E-state index contributed by atoms with van der Waals surface area (Å²) < 4.78 is 5.52. The van der Waals surface area contributed by atoms with Crippen molar-refractivity contribution in [1.82, 2.24) is 0 Å². The van der Waals surface area contributed by atoms with E-state index < -0.39 is 0 Å². The molecule has 11 heavy (non-hydrogen) atoms. The second-order valence-corrected chi connectivity index (χ2v) is 3.84. The van der Waals surface area contributed by atoms with E-state index in [9.17, 15) is 0 Å². The van der Waals surface area contributed by atoms with Crippen molar-refractivity contribution in [3.8, 4) is 0 Å². The lowest BCUT2D eigenvalue weighted by Gasteiger charge is -2.15. The van der Waals surface area contributed by atoms with Gasteiger partial charge in [0.05, 0.1) is 6.10 Å². The first kappa shape index (κ1) is 7.11. The average Bonchev–Trinajstić information content (AvgIpc) is 2.58. The Morgan fingerprint density at radius 1 is 1.73 bits per heavy atom. The maximum atomic E-state index is 5.52. The predicted molar refractivity (Wildman–Crippen MR) is 45.3 cm³/mol. The van der Waals surface area contributed by atoms with E-state index >= 15 is 0 Å². The molecule has 1 fully saturated rings. The summed E-state index contributed by atoms with van der Waals surface area (Å²) in [5.74, 6) is 0.551. The third-order valence-electron chi connectivity index (χ3n) is 2.74. The molecule has 1 heteroatoms. The van der Waals surface area contributed by atoms with Crippen molar-refractivity contribution < 1.29 is 4.74 Å². The summed E-state index contributed by atoms with van der Waals surface area (Å²) in [6, 6.07) is 0. The van der Waals surface area contributed by atoms with Crippen LogP contribution >= 0.6 is 0 Å². The molecule has 1 heterocycles. The van der Waals surface area contributed by atoms with Crippen LogP contribution in [0.5, 0.6) is 0 Å². The molecule has 2 rings (SSSR count). The van der Waals surface area contributed by atoms with E-state index in [2.05, 4.69) is 32.6 Å². The Morgan fingerprint density at radius 2 is 2.45 bits per heavy atom. The Kier molecular flexibility index (Phi) is 1.28. The van der Waals surface area contributed by atoms with Crippen molar-refractivity contribution in [2.75, 3.05) is 0 Å². The first-order valence-corrected chi connectivity index (χ1v) is 4.14. The zero-order chi connectivity index (χ0) is 8.06. The second-order valence-electron chi connectivity index (χ2n) is 3.84. The highest BCUT2D eigenvalue weighted by molar-refractivity contribution is 5.24. The number of epoxide rings is 1. The van der Waals surface area contributed by atoms with Gasteiger partial charge in [-0.05, 0) is 26.2 Å². The van der Waals surface area contributed by atoms with E-state index in [1.165, 1.54) is 5.57 Å². The minimum atomic E-state index is 0.0892. The van der Waals surface area contributed by atoms with Gasteiger partial charge >= 0.3 is 0 Å². The highest BCUT2D eigenvalue weighted by Crippen LogP contribution is 2.46. The molecule has 0 aromatic heterocycles. The summed E-state index contributed by atoms with van der Waals surface area (Å²) in [6.07, 6.45) is 6.00. The quantitative estimate of drug-likeness (QED) is 0.412. The molecule has 2 aliphatic rings. The van der Waals surface area contributed by atoms with Crippen LogP contribution in [0.2, 0.25) is 0 Å². The summed E-state index contributed by atoms with van der Waals surface area (Å²) in [5.41, 5.74) is 1.34. The minimum absolute atomic E-state index is 0.0892. The van der Waals surface area contributed by atoms with Crippen molar-refractivity contribution in [2.45, 2.75) is 32.0 Å². The molecule has 0 N–H and O–H groups in total. The monoisotopic (exact) mass is 150 g/mol. The van der Waals surface area contributed by atoms with Gasteiger partial charge in [-0.2, -0.15) is 0 Å². The zero-order valence-corrected chi connectivity index (χ0v) is 7.13. The van der Waals surface area contributed by atoms with E-state index in [1.807, 2.05) is 0 Å². The molecule has 1 aliphatic heterocycles. The molecular formula is C10H14O. The van der Waals surface area contributed by atoms with E-state index in [0.29, 0.717) is 12.0 Å². The van der Waals surface area contributed by atoms with Crippen LogP contribution in [0.3, 0.4) is 0 Å². The fourth-order valence-electron chi connectivity index (χ4n) is 1.68. The van der Waals surface area contributed by atoms with Gasteiger partial charge in [-0.3, -0.25) is 0 Å². The third kappa shape index (κ3) is 1.04. The maximum Gasteiger partial charge on any atom is 0.110 e. The number of rotatable bonds is 1. The number of ether oxygens (including phenoxy) is 1. The van der Waals surface area contributed by atoms with E-state index in [4.69, 9.17) is 4.74 Å². The van der Waals surface area contributed by atoms with Crippen molar-refractivity contribution in [3.63, 3.8) is 0 Å². The molecule has 60 valence electrons. The van der Waals surface area contributed by atoms with Crippen molar-refractivity contribution in [3.05, 3.63) is 24.3 Å². The molecular weight excluding hydrogens is 136 g/mol. The molecule has 1 unspecified atom stereocenters. The zero-order valence-electron chi connectivity index (χ0n) is 7.13. The SMILES string of the molecule is C=C(C)[C@H]1C=C[C@@]2(C)OC2C1. The van der Waals surface area contributed by atoms with Gasteiger partial charge in [-0.1, -0.05) is 24.3 Å². The summed E-state index contributed by atoms with van der Waals surface area (Å²) in [7, 11) is 0. The van der Waals surface area contributed by atoms with Gasteiger partial charge in [0.15, 0.2) is 0 Å². The fourth-order valence-corrected chi connectivity index (χ4v) is 1.68. The number of fused-ring (bicyclic) bond motifs is 1. The third-order valence-corrected chi connectivity index (χ3v) is 2.74. The van der Waals surface area contributed by atoms with Crippen molar-refractivity contribution >= 4 is 0 Å². The van der Waals surface area contributed by atoms with Gasteiger partial charge in [0.2, 0.25) is 0 Å². The van der Waals surface area contributed by atoms with Gasteiger partial charge < -0.3 is 4.74 Å².